The molecule has 0 aromatic carbocycles. The third-order valence-electron chi connectivity index (χ3n) is 3.20. The molecular formula is C15H29N3O3. The Labute approximate surface area is 127 Å². The first kappa shape index (κ1) is 17.8. The van der Waals surface area contributed by atoms with Crippen LogP contribution >= 0.6 is 0 Å². The van der Waals surface area contributed by atoms with Crippen LogP contribution < -0.4 is 10.6 Å². The fourth-order valence-corrected chi connectivity index (χ4v) is 2.16. The molecular weight excluding hydrogens is 270 g/mol. The van der Waals surface area contributed by atoms with E-state index in [1.807, 2.05) is 27.7 Å². The molecule has 21 heavy (non-hydrogen) atoms. The Kier molecular flexibility index (Phi) is 6.95. The van der Waals surface area contributed by atoms with Gasteiger partial charge in [0.15, 0.2) is 0 Å². The SMILES string of the molecule is CCCNC(=O)CCNC1CCN(C(=O)OC(C)(C)C)C1. The molecule has 6 nitrogen and oxygen atoms in total. The molecule has 1 rings (SSSR count). The van der Waals surface area contributed by atoms with Crippen molar-refractivity contribution in [3.63, 3.8) is 0 Å². The highest BCUT2D eigenvalue weighted by Gasteiger charge is 2.29. The average Bonchev–Trinajstić information content (AvgIpc) is 2.83. The highest BCUT2D eigenvalue weighted by atomic mass is 16.6. The van der Waals surface area contributed by atoms with Gasteiger partial charge in [0.05, 0.1) is 0 Å². The van der Waals surface area contributed by atoms with Crippen LogP contribution in [-0.2, 0) is 9.53 Å². The molecule has 1 aliphatic rings. The van der Waals surface area contributed by atoms with Crippen LogP contribution in [0.3, 0.4) is 0 Å². The van der Waals surface area contributed by atoms with Crippen LogP contribution in [0, 0.1) is 0 Å². The fraction of sp³-hybridized carbons (Fsp3) is 0.867. The van der Waals surface area contributed by atoms with Gasteiger partial charge in [0.2, 0.25) is 5.91 Å². The van der Waals surface area contributed by atoms with E-state index < -0.39 is 5.60 Å². The van der Waals surface area contributed by atoms with Gasteiger partial charge in [-0.05, 0) is 33.6 Å². The number of hydrogen-bond donors (Lipinski definition) is 2. The van der Waals surface area contributed by atoms with Crippen LogP contribution in [-0.4, -0.2) is 54.7 Å². The first-order valence-corrected chi connectivity index (χ1v) is 7.80. The predicted molar refractivity (Wildman–Crippen MR) is 82.1 cm³/mol. The van der Waals surface area contributed by atoms with Crippen molar-refractivity contribution >= 4 is 12.0 Å². The molecule has 1 fully saturated rings. The van der Waals surface area contributed by atoms with Gasteiger partial charge in [-0.2, -0.15) is 0 Å². The highest BCUT2D eigenvalue weighted by molar-refractivity contribution is 5.76. The van der Waals surface area contributed by atoms with Gasteiger partial charge < -0.3 is 20.3 Å². The summed E-state index contributed by atoms with van der Waals surface area (Å²) in [7, 11) is 0. The van der Waals surface area contributed by atoms with E-state index >= 15 is 0 Å². The minimum Gasteiger partial charge on any atom is -0.444 e. The van der Waals surface area contributed by atoms with Gasteiger partial charge >= 0.3 is 6.09 Å². The maximum atomic E-state index is 11.9. The number of hydrogen-bond acceptors (Lipinski definition) is 4. The molecule has 0 aromatic heterocycles. The molecule has 2 N–H and O–H groups in total. The molecule has 1 atom stereocenters. The maximum Gasteiger partial charge on any atom is 0.410 e. The maximum absolute atomic E-state index is 11.9. The van der Waals surface area contributed by atoms with E-state index in [2.05, 4.69) is 10.6 Å². The van der Waals surface area contributed by atoms with Crippen molar-refractivity contribution in [3.05, 3.63) is 0 Å². The lowest BCUT2D eigenvalue weighted by Crippen LogP contribution is -2.39. The van der Waals surface area contributed by atoms with Crippen LogP contribution in [0.2, 0.25) is 0 Å². The molecule has 1 aliphatic heterocycles. The zero-order valence-corrected chi connectivity index (χ0v) is 13.7. The van der Waals surface area contributed by atoms with E-state index in [0.717, 1.165) is 19.4 Å². The summed E-state index contributed by atoms with van der Waals surface area (Å²) in [5.41, 5.74) is -0.458. The van der Waals surface area contributed by atoms with Crippen LogP contribution in [0.5, 0.6) is 0 Å². The van der Waals surface area contributed by atoms with Gasteiger partial charge in [-0.15, -0.1) is 0 Å². The summed E-state index contributed by atoms with van der Waals surface area (Å²) in [6.07, 6.45) is 2.07. The molecule has 0 aliphatic carbocycles. The van der Waals surface area contributed by atoms with Gasteiger partial charge in [0, 0.05) is 38.6 Å². The zero-order valence-electron chi connectivity index (χ0n) is 13.7. The van der Waals surface area contributed by atoms with E-state index in [0.29, 0.717) is 26.1 Å². The molecule has 6 heteroatoms. The molecule has 0 spiro atoms. The van der Waals surface area contributed by atoms with Crippen LogP contribution in [0.1, 0.15) is 47.0 Å². The van der Waals surface area contributed by atoms with Crippen molar-refractivity contribution in [2.24, 2.45) is 0 Å². The van der Waals surface area contributed by atoms with Gasteiger partial charge in [0.25, 0.3) is 0 Å². The number of amides is 2. The van der Waals surface area contributed by atoms with Gasteiger partial charge in [-0.3, -0.25) is 4.79 Å². The van der Waals surface area contributed by atoms with Crippen LogP contribution in [0.25, 0.3) is 0 Å². The Morgan fingerprint density at radius 3 is 2.62 bits per heavy atom. The Morgan fingerprint density at radius 2 is 2.00 bits per heavy atom. The molecule has 2 amide bonds. The number of carbonyl (C=O) groups excluding carboxylic acids is 2. The second kappa shape index (κ2) is 8.22. The van der Waals surface area contributed by atoms with E-state index in [4.69, 9.17) is 4.74 Å². The smallest absolute Gasteiger partial charge is 0.410 e. The minimum absolute atomic E-state index is 0.0753. The van der Waals surface area contributed by atoms with Crippen molar-refractivity contribution in [2.75, 3.05) is 26.2 Å². The topological polar surface area (TPSA) is 70.7 Å². The number of likely N-dealkylation sites (tertiary alicyclic amines) is 1. The van der Waals surface area contributed by atoms with Crippen molar-refractivity contribution in [1.29, 1.82) is 0 Å². The monoisotopic (exact) mass is 299 g/mol. The number of carbonyl (C=O) groups is 2. The third kappa shape index (κ3) is 7.32. The van der Waals surface area contributed by atoms with Crippen LogP contribution in [0.15, 0.2) is 0 Å². The summed E-state index contributed by atoms with van der Waals surface area (Å²) in [6, 6.07) is 0.247. The van der Waals surface area contributed by atoms with E-state index in [-0.39, 0.29) is 18.0 Å². The highest BCUT2D eigenvalue weighted by Crippen LogP contribution is 2.15. The number of rotatable bonds is 6. The van der Waals surface area contributed by atoms with Crippen molar-refractivity contribution < 1.29 is 14.3 Å². The fourth-order valence-electron chi connectivity index (χ4n) is 2.16. The largest absolute Gasteiger partial charge is 0.444 e. The average molecular weight is 299 g/mol. The van der Waals surface area contributed by atoms with Gasteiger partial charge in [-0.25, -0.2) is 4.79 Å². The van der Waals surface area contributed by atoms with Crippen molar-refractivity contribution in [3.8, 4) is 0 Å². The molecule has 0 bridgehead atoms. The first-order valence-electron chi connectivity index (χ1n) is 7.80. The molecule has 0 radical (unpaired) electrons. The second-order valence-electron chi connectivity index (χ2n) is 6.47. The number of ether oxygens (including phenoxy) is 1. The minimum atomic E-state index is -0.458. The number of nitrogens with zero attached hydrogens (tertiary/aromatic N) is 1. The van der Waals surface area contributed by atoms with E-state index in [1.165, 1.54) is 0 Å². The second-order valence-corrected chi connectivity index (χ2v) is 6.47. The van der Waals surface area contributed by atoms with Crippen molar-refractivity contribution in [1.82, 2.24) is 15.5 Å². The molecule has 1 heterocycles. The summed E-state index contributed by atoms with van der Waals surface area (Å²) < 4.78 is 5.35. The lowest BCUT2D eigenvalue weighted by atomic mass is 10.2. The summed E-state index contributed by atoms with van der Waals surface area (Å²) in [5, 5.41) is 6.17. The van der Waals surface area contributed by atoms with E-state index in [1.54, 1.807) is 4.90 Å². The van der Waals surface area contributed by atoms with Crippen molar-refractivity contribution in [2.45, 2.75) is 58.6 Å². The Morgan fingerprint density at radius 1 is 1.29 bits per heavy atom. The zero-order chi connectivity index (χ0) is 15.9. The van der Waals surface area contributed by atoms with E-state index in [9.17, 15) is 9.59 Å². The summed E-state index contributed by atoms with van der Waals surface area (Å²) in [4.78, 5) is 25.1. The molecule has 1 unspecified atom stereocenters. The Balaban J connectivity index is 2.20. The Bertz CT molecular complexity index is 353. The summed E-state index contributed by atoms with van der Waals surface area (Å²) in [6.45, 7) is 10.3. The quantitative estimate of drug-likeness (QED) is 0.780. The van der Waals surface area contributed by atoms with Gasteiger partial charge in [-0.1, -0.05) is 6.92 Å². The Hall–Kier alpha value is -1.30. The lowest BCUT2D eigenvalue weighted by Gasteiger charge is -2.24. The van der Waals surface area contributed by atoms with Gasteiger partial charge in [0.1, 0.15) is 5.60 Å². The standard InChI is InChI=1S/C15H29N3O3/c1-5-8-17-13(19)6-9-16-12-7-10-18(11-12)14(20)21-15(2,3)4/h12,16H,5-11H2,1-4H3,(H,17,19). The van der Waals surface area contributed by atoms with Crippen LogP contribution in [0.4, 0.5) is 4.79 Å². The molecule has 122 valence electrons. The molecule has 0 aromatic rings. The first-order chi connectivity index (χ1) is 9.81. The lowest BCUT2D eigenvalue weighted by molar-refractivity contribution is -0.121. The summed E-state index contributed by atoms with van der Waals surface area (Å²) >= 11 is 0. The normalized spacial score (nSPS) is 18.7. The summed E-state index contributed by atoms with van der Waals surface area (Å²) in [5.74, 6) is 0.0753. The third-order valence-corrected chi connectivity index (χ3v) is 3.20. The molecule has 1 saturated heterocycles. The predicted octanol–water partition coefficient (Wildman–Crippen LogP) is 1.50. The number of nitrogens with one attached hydrogen (secondary N) is 2. The molecule has 0 saturated carbocycles.